The van der Waals surface area contributed by atoms with Gasteiger partial charge in [0.1, 0.15) is 23.8 Å². The van der Waals surface area contributed by atoms with Gasteiger partial charge in [-0.15, -0.1) is 0 Å². The Morgan fingerprint density at radius 2 is 2.17 bits per heavy atom. The zero-order valence-corrected chi connectivity index (χ0v) is 12.7. The molecule has 6 heteroatoms. The van der Waals surface area contributed by atoms with Crippen LogP contribution in [0.15, 0.2) is 43.1 Å². The summed E-state index contributed by atoms with van der Waals surface area (Å²) < 4.78 is 18.0. The Hall–Kier alpha value is -2.89. The molecule has 2 rings (SSSR count). The number of benzene rings is 1. The highest BCUT2D eigenvalue weighted by molar-refractivity contribution is 5.76. The van der Waals surface area contributed by atoms with Crippen molar-refractivity contribution in [3.05, 3.63) is 54.6 Å². The van der Waals surface area contributed by atoms with Gasteiger partial charge in [0.2, 0.25) is 0 Å². The summed E-state index contributed by atoms with van der Waals surface area (Å²) in [6.45, 7) is 5.67. The van der Waals surface area contributed by atoms with E-state index in [2.05, 4.69) is 16.9 Å². The molecule has 0 amide bonds. The van der Waals surface area contributed by atoms with E-state index in [9.17, 15) is 14.3 Å². The highest BCUT2D eigenvalue weighted by Gasteiger charge is 2.11. The summed E-state index contributed by atoms with van der Waals surface area (Å²) in [4.78, 5) is 15.4. The number of carbonyl (C=O) groups is 1. The van der Waals surface area contributed by atoms with Gasteiger partial charge in [0.05, 0.1) is 12.3 Å². The standard InChI is InChI=1S/C17H17FN2O3/c1-3-23-16(22)10-19-11(2)17-15(21)8-13(9-20-17)12-5-4-6-14(18)7-12/h4-9,19,21H,2-3,10H2,1H3. The predicted molar refractivity (Wildman–Crippen MR) is 85.0 cm³/mol. The zero-order chi connectivity index (χ0) is 16.8. The second kappa shape index (κ2) is 7.40. The minimum Gasteiger partial charge on any atom is -0.506 e. The minimum absolute atomic E-state index is 0.0700. The van der Waals surface area contributed by atoms with Crippen LogP contribution in [-0.4, -0.2) is 29.2 Å². The fourth-order valence-electron chi connectivity index (χ4n) is 1.99. The lowest BCUT2D eigenvalue weighted by Gasteiger charge is -2.11. The molecule has 5 nitrogen and oxygen atoms in total. The average molecular weight is 316 g/mol. The number of halogens is 1. The Labute approximate surface area is 133 Å². The van der Waals surface area contributed by atoms with Gasteiger partial charge in [0.25, 0.3) is 0 Å². The monoisotopic (exact) mass is 316 g/mol. The number of carbonyl (C=O) groups excluding carboxylic acids is 1. The van der Waals surface area contributed by atoms with Crippen LogP contribution in [0.25, 0.3) is 16.8 Å². The van der Waals surface area contributed by atoms with Gasteiger partial charge >= 0.3 is 5.97 Å². The normalized spacial score (nSPS) is 10.2. The molecule has 0 saturated carbocycles. The first-order valence-corrected chi connectivity index (χ1v) is 7.05. The molecule has 0 unspecified atom stereocenters. The third-order valence-electron chi connectivity index (χ3n) is 3.06. The minimum atomic E-state index is -0.426. The van der Waals surface area contributed by atoms with E-state index in [-0.39, 0.29) is 23.8 Å². The summed E-state index contributed by atoms with van der Waals surface area (Å²) in [6, 6.07) is 7.45. The average Bonchev–Trinajstić information content (AvgIpc) is 2.53. The van der Waals surface area contributed by atoms with Gasteiger partial charge in [-0.1, -0.05) is 18.7 Å². The molecule has 2 N–H and O–H groups in total. The largest absolute Gasteiger partial charge is 0.506 e. The number of pyridine rings is 1. The van der Waals surface area contributed by atoms with Gasteiger partial charge in [-0.3, -0.25) is 9.78 Å². The van der Waals surface area contributed by atoms with E-state index in [1.807, 2.05) is 0 Å². The lowest BCUT2D eigenvalue weighted by molar-refractivity contribution is -0.141. The Morgan fingerprint density at radius 1 is 1.39 bits per heavy atom. The van der Waals surface area contributed by atoms with Crippen LogP contribution in [0.2, 0.25) is 0 Å². The molecule has 0 spiro atoms. The van der Waals surface area contributed by atoms with E-state index in [1.54, 1.807) is 19.1 Å². The zero-order valence-electron chi connectivity index (χ0n) is 12.7. The Morgan fingerprint density at radius 3 is 2.83 bits per heavy atom. The van der Waals surface area contributed by atoms with Crippen LogP contribution in [0.5, 0.6) is 5.75 Å². The van der Waals surface area contributed by atoms with E-state index in [1.165, 1.54) is 24.4 Å². The SMILES string of the molecule is C=C(NCC(=O)OCC)c1ncc(-c2cccc(F)c2)cc1O. The van der Waals surface area contributed by atoms with E-state index in [0.717, 1.165) is 0 Å². The summed E-state index contributed by atoms with van der Waals surface area (Å²) in [5.74, 6) is -0.913. The molecule has 0 aliphatic heterocycles. The molecular weight excluding hydrogens is 299 g/mol. The van der Waals surface area contributed by atoms with Crippen molar-refractivity contribution in [3.8, 4) is 16.9 Å². The summed E-state index contributed by atoms with van der Waals surface area (Å²) in [7, 11) is 0. The first-order chi connectivity index (χ1) is 11.0. The van der Waals surface area contributed by atoms with Crippen LogP contribution < -0.4 is 5.32 Å². The van der Waals surface area contributed by atoms with Crippen molar-refractivity contribution in [2.75, 3.05) is 13.2 Å². The van der Waals surface area contributed by atoms with Crippen molar-refractivity contribution in [1.29, 1.82) is 0 Å². The molecule has 0 atom stereocenters. The van der Waals surface area contributed by atoms with Gasteiger partial charge in [-0.2, -0.15) is 0 Å². The molecule has 0 fully saturated rings. The lowest BCUT2D eigenvalue weighted by atomic mass is 10.1. The second-order valence-corrected chi connectivity index (χ2v) is 4.74. The predicted octanol–water partition coefficient (Wildman–Crippen LogP) is 2.72. The van der Waals surface area contributed by atoms with Crippen LogP contribution in [0, 0.1) is 5.82 Å². The van der Waals surface area contributed by atoms with Crippen molar-refractivity contribution in [3.63, 3.8) is 0 Å². The number of aromatic nitrogens is 1. The van der Waals surface area contributed by atoms with Crippen molar-refractivity contribution in [1.82, 2.24) is 10.3 Å². The van der Waals surface area contributed by atoms with Crippen LogP contribution >= 0.6 is 0 Å². The van der Waals surface area contributed by atoms with Crippen LogP contribution in [0.3, 0.4) is 0 Å². The first kappa shape index (κ1) is 16.5. The number of nitrogens with one attached hydrogen (secondary N) is 1. The molecular formula is C17H17FN2O3. The van der Waals surface area contributed by atoms with Gasteiger partial charge in [0, 0.05) is 11.8 Å². The first-order valence-electron chi connectivity index (χ1n) is 7.05. The van der Waals surface area contributed by atoms with Crippen molar-refractivity contribution < 1.29 is 19.0 Å². The maximum absolute atomic E-state index is 13.2. The summed E-state index contributed by atoms with van der Waals surface area (Å²) in [5.41, 5.74) is 1.68. The number of hydrogen-bond donors (Lipinski definition) is 2. The molecule has 1 aromatic carbocycles. The number of aromatic hydroxyl groups is 1. The quantitative estimate of drug-likeness (QED) is 0.802. The number of nitrogens with zero attached hydrogens (tertiary/aromatic N) is 1. The topological polar surface area (TPSA) is 71.5 Å². The lowest BCUT2D eigenvalue weighted by Crippen LogP contribution is -2.23. The number of ether oxygens (including phenoxy) is 1. The van der Waals surface area contributed by atoms with E-state index >= 15 is 0 Å². The molecule has 0 aliphatic carbocycles. The second-order valence-electron chi connectivity index (χ2n) is 4.74. The molecule has 0 radical (unpaired) electrons. The fourth-order valence-corrected chi connectivity index (χ4v) is 1.99. The van der Waals surface area contributed by atoms with Gasteiger partial charge in [-0.25, -0.2) is 4.39 Å². The van der Waals surface area contributed by atoms with Crippen molar-refractivity contribution in [2.24, 2.45) is 0 Å². The van der Waals surface area contributed by atoms with E-state index < -0.39 is 5.97 Å². The molecule has 1 aromatic heterocycles. The molecule has 2 aromatic rings. The summed E-state index contributed by atoms with van der Waals surface area (Å²) in [5, 5.41) is 12.8. The third kappa shape index (κ3) is 4.29. The maximum atomic E-state index is 13.2. The highest BCUT2D eigenvalue weighted by Crippen LogP contribution is 2.27. The number of hydrogen-bond acceptors (Lipinski definition) is 5. The van der Waals surface area contributed by atoms with Crippen LogP contribution in [-0.2, 0) is 9.53 Å². The molecule has 0 aliphatic rings. The van der Waals surface area contributed by atoms with Gasteiger partial charge in [0.15, 0.2) is 0 Å². The number of rotatable bonds is 6. The smallest absolute Gasteiger partial charge is 0.325 e. The van der Waals surface area contributed by atoms with Crippen LogP contribution in [0.1, 0.15) is 12.6 Å². The molecule has 0 saturated heterocycles. The summed E-state index contributed by atoms with van der Waals surface area (Å²) >= 11 is 0. The molecule has 23 heavy (non-hydrogen) atoms. The van der Waals surface area contributed by atoms with Crippen molar-refractivity contribution in [2.45, 2.75) is 6.92 Å². The van der Waals surface area contributed by atoms with E-state index in [0.29, 0.717) is 23.4 Å². The Bertz CT molecular complexity index is 732. The number of esters is 1. The molecule has 0 bridgehead atoms. The third-order valence-corrected chi connectivity index (χ3v) is 3.06. The molecule has 120 valence electrons. The van der Waals surface area contributed by atoms with Gasteiger partial charge < -0.3 is 15.2 Å². The van der Waals surface area contributed by atoms with Gasteiger partial charge in [-0.05, 0) is 30.7 Å². The van der Waals surface area contributed by atoms with Crippen molar-refractivity contribution >= 4 is 11.7 Å². The Kier molecular flexibility index (Phi) is 5.30. The van der Waals surface area contributed by atoms with E-state index in [4.69, 9.17) is 4.74 Å². The molecule has 1 heterocycles. The van der Waals surface area contributed by atoms with Crippen LogP contribution in [0.4, 0.5) is 4.39 Å². The maximum Gasteiger partial charge on any atom is 0.325 e. The Balaban J connectivity index is 2.13. The highest BCUT2D eigenvalue weighted by atomic mass is 19.1. The summed E-state index contributed by atoms with van der Waals surface area (Å²) in [6.07, 6.45) is 1.50. The fraction of sp³-hybridized carbons (Fsp3) is 0.176.